The predicted molar refractivity (Wildman–Crippen MR) is 58.4 cm³/mol. The van der Waals surface area contributed by atoms with Gasteiger partial charge in [-0.1, -0.05) is 13.3 Å². The Kier molecular flexibility index (Phi) is 2.64. The highest BCUT2D eigenvalue weighted by Gasteiger charge is 2.15. The number of aromatic nitrogens is 3. The van der Waals surface area contributed by atoms with Gasteiger partial charge < -0.3 is 0 Å². The minimum atomic E-state index is -3.78. The van der Waals surface area contributed by atoms with Crippen LogP contribution in [0.2, 0.25) is 0 Å². The van der Waals surface area contributed by atoms with Gasteiger partial charge in [-0.2, -0.15) is 5.10 Å². The summed E-state index contributed by atoms with van der Waals surface area (Å²) in [7, 11) is -3.78. The highest BCUT2D eigenvalue weighted by molar-refractivity contribution is 7.89. The number of hydrogen-bond acceptors (Lipinski definition) is 4. The van der Waals surface area contributed by atoms with E-state index in [9.17, 15) is 8.42 Å². The molecule has 0 atom stereocenters. The average Bonchev–Trinajstić information content (AvgIpc) is 2.60. The molecule has 0 unspecified atom stereocenters. The van der Waals surface area contributed by atoms with E-state index in [-0.39, 0.29) is 5.03 Å². The molecule has 0 aliphatic heterocycles. The summed E-state index contributed by atoms with van der Waals surface area (Å²) in [5, 5.41) is 9.17. The van der Waals surface area contributed by atoms with Gasteiger partial charge in [0.05, 0.1) is 11.9 Å². The molecule has 0 aliphatic carbocycles. The molecule has 2 aromatic heterocycles. The van der Waals surface area contributed by atoms with Crippen LogP contribution in [0.4, 0.5) is 0 Å². The van der Waals surface area contributed by atoms with E-state index in [0.717, 1.165) is 18.5 Å². The standard InChI is InChI=1S/C9H12N4O2S/c1-2-3-7-4-5-8-11-6-9(13(8)12-7)16(10,14)15/h4-6H,2-3H2,1H3,(H2,10,14,15). The van der Waals surface area contributed by atoms with Crippen molar-refractivity contribution >= 4 is 15.7 Å². The van der Waals surface area contributed by atoms with Gasteiger partial charge in [-0.05, 0) is 18.6 Å². The molecule has 0 aromatic carbocycles. The number of fused-ring (bicyclic) bond motifs is 1. The molecule has 2 heterocycles. The van der Waals surface area contributed by atoms with E-state index in [1.165, 1.54) is 10.7 Å². The third-order valence-corrected chi connectivity index (χ3v) is 3.05. The topological polar surface area (TPSA) is 90.3 Å². The Balaban J connectivity index is 2.65. The summed E-state index contributed by atoms with van der Waals surface area (Å²) in [5.41, 5.74) is 1.29. The van der Waals surface area contributed by atoms with Gasteiger partial charge >= 0.3 is 0 Å². The second-order valence-electron chi connectivity index (χ2n) is 3.49. The fourth-order valence-electron chi connectivity index (χ4n) is 1.47. The van der Waals surface area contributed by atoms with Crippen molar-refractivity contribution in [2.75, 3.05) is 0 Å². The van der Waals surface area contributed by atoms with Gasteiger partial charge in [0, 0.05) is 0 Å². The maximum absolute atomic E-state index is 11.3. The van der Waals surface area contributed by atoms with Crippen molar-refractivity contribution in [2.24, 2.45) is 5.14 Å². The zero-order valence-corrected chi connectivity index (χ0v) is 9.61. The Hall–Kier alpha value is -1.47. The first-order valence-corrected chi connectivity index (χ1v) is 6.43. The van der Waals surface area contributed by atoms with Crippen LogP contribution in [0.15, 0.2) is 23.4 Å². The molecular formula is C9H12N4O2S. The molecule has 2 N–H and O–H groups in total. The molecule has 0 spiro atoms. The lowest BCUT2D eigenvalue weighted by Gasteiger charge is -2.01. The van der Waals surface area contributed by atoms with Gasteiger partial charge in [0.15, 0.2) is 10.7 Å². The molecule has 16 heavy (non-hydrogen) atoms. The summed E-state index contributed by atoms with van der Waals surface area (Å²) in [6.45, 7) is 2.03. The van der Waals surface area contributed by atoms with Crippen molar-refractivity contribution in [3.8, 4) is 0 Å². The molecule has 0 radical (unpaired) electrons. The lowest BCUT2D eigenvalue weighted by atomic mass is 10.2. The molecule has 2 rings (SSSR count). The normalized spacial score (nSPS) is 12.1. The second kappa shape index (κ2) is 3.84. The smallest absolute Gasteiger partial charge is 0.234 e. The Labute approximate surface area is 93.2 Å². The molecule has 0 saturated carbocycles. The molecule has 0 amide bonds. The molecular weight excluding hydrogens is 228 g/mol. The van der Waals surface area contributed by atoms with E-state index in [0.29, 0.717) is 5.65 Å². The van der Waals surface area contributed by atoms with E-state index in [4.69, 9.17) is 5.14 Å². The molecule has 0 aliphatic rings. The van der Waals surface area contributed by atoms with Gasteiger partial charge in [-0.25, -0.2) is 23.1 Å². The van der Waals surface area contributed by atoms with Crippen LogP contribution in [0.3, 0.4) is 0 Å². The summed E-state index contributed by atoms with van der Waals surface area (Å²) < 4.78 is 23.8. The third kappa shape index (κ3) is 1.91. The molecule has 6 nitrogen and oxygen atoms in total. The quantitative estimate of drug-likeness (QED) is 0.837. The van der Waals surface area contributed by atoms with E-state index in [1.807, 2.05) is 13.0 Å². The van der Waals surface area contributed by atoms with Crippen LogP contribution in [-0.2, 0) is 16.4 Å². The number of rotatable bonds is 3. The maximum Gasteiger partial charge on any atom is 0.257 e. The van der Waals surface area contributed by atoms with Gasteiger partial charge in [0.2, 0.25) is 0 Å². The Morgan fingerprint density at radius 3 is 2.81 bits per heavy atom. The predicted octanol–water partition coefficient (Wildman–Crippen LogP) is 0.329. The van der Waals surface area contributed by atoms with Crippen molar-refractivity contribution in [1.82, 2.24) is 14.6 Å². The molecule has 0 bridgehead atoms. The monoisotopic (exact) mass is 240 g/mol. The van der Waals surface area contributed by atoms with Crippen molar-refractivity contribution < 1.29 is 8.42 Å². The number of hydrogen-bond donors (Lipinski definition) is 1. The number of aryl methyl sites for hydroxylation is 1. The van der Waals surface area contributed by atoms with Crippen LogP contribution in [0.25, 0.3) is 5.65 Å². The van der Waals surface area contributed by atoms with Crippen molar-refractivity contribution in [3.63, 3.8) is 0 Å². The summed E-state index contributed by atoms with van der Waals surface area (Å²) >= 11 is 0. The summed E-state index contributed by atoms with van der Waals surface area (Å²) in [5.74, 6) is 0. The van der Waals surface area contributed by atoms with Gasteiger partial charge in [0.1, 0.15) is 0 Å². The van der Waals surface area contributed by atoms with Gasteiger partial charge in [-0.3, -0.25) is 0 Å². The lowest BCUT2D eigenvalue weighted by Crippen LogP contribution is -2.15. The lowest BCUT2D eigenvalue weighted by molar-refractivity contribution is 0.589. The Bertz CT molecular complexity index is 617. The summed E-state index contributed by atoms with van der Waals surface area (Å²) in [6.07, 6.45) is 2.95. The van der Waals surface area contributed by atoms with E-state index in [1.54, 1.807) is 6.07 Å². The maximum atomic E-state index is 11.3. The zero-order valence-electron chi connectivity index (χ0n) is 8.79. The summed E-state index contributed by atoms with van der Waals surface area (Å²) in [6, 6.07) is 3.56. The number of primary sulfonamides is 1. The van der Waals surface area contributed by atoms with Crippen LogP contribution in [0.1, 0.15) is 19.0 Å². The largest absolute Gasteiger partial charge is 0.257 e. The van der Waals surface area contributed by atoms with Crippen LogP contribution in [-0.4, -0.2) is 23.0 Å². The first-order valence-electron chi connectivity index (χ1n) is 4.89. The third-order valence-electron chi connectivity index (χ3n) is 2.18. The first-order chi connectivity index (χ1) is 7.52. The van der Waals surface area contributed by atoms with Crippen molar-refractivity contribution in [3.05, 3.63) is 24.0 Å². The van der Waals surface area contributed by atoms with E-state index >= 15 is 0 Å². The highest BCUT2D eigenvalue weighted by Crippen LogP contribution is 2.10. The van der Waals surface area contributed by atoms with Crippen LogP contribution in [0.5, 0.6) is 0 Å². The van der Waals surface area contributed by atoms with Crippen molar-refractivity contribution in [1.29, 1.82) is 0 Å². The van der Waals surface area contributed by atoms with E-state index in [2.05, 4.69) is 10.1 Å². The fourth-order valence-corrected chi connectivity index (χ4v) is 2.05. The average molecular weight is 240 g/mol. The fraction of sp³-hybridized carbons (Fsp3) is 0.333. The first kappa shape index (κ1) is 11.0. The molecule has 7 heteroatoms. The van der Waals surface area contributed by atoms with Gasteiger partial charge in [0.25, 0.3) is 10.0 Å². The highest BCUT2D eigenvalue weighted by atomic mass is 32.2. The molecule has 0 fully saturated rings. The SMILES string of the molecule is CCCc1ccc2ncc(S(N)(=O)=O)n2n1. The Morgan fingerprint density at radius 1 is 1.44 bits per heavy atom. The van der Waals surface area contributed by atoms with Crippen molar-refractivity contribution in [2.45, 2.75) is 24.8 Å². The Morgan fingerprint density at radius 2 is 2.19 bits per heavy atom. The minimum Gasteiger partial charge on any atom is -0.234 e. The molecule has 2 aromatic rings. The van der Waals surface area contributed by atoms with E-state index < -0.39 is 10.0 Å². The minimum absolute atomic E-state index is 0.0829. The number of imidazole rings is 1. The zero-order chi connectivity index (χ0) is 11.8. The van der Waals surface area contributed by atoms with Crippen LogP contribution < -0.4 is 5.14 Å². The number of nitrogens with two attached hydrogens (primary N) is 1. The van der Waals surface area contributed by atoms with Gasteiger partial charge in [-0.15, -0.1) is 0 Å². The molecule has 0 saturated heterocycles. The second-order valence-corrected chi connectivity index (χ2v) is 4.99. The number of nitrogens with zero attached hydrogens (tertiary/aromatic N) is 3. The van der Waals surface area contributed by atoms with Crippen LogP contribution in [0, 0.1) is 0 Å². The number of sulfonamides is 1. The van der Waals surface area contributed by atoms with Crippen LogP contribution >= 0.6 is 0 Å². The molecule has 86 valence electrons. The summed E-state index contributed by atoms with van der Waals surface area (Å²) in [4.78, 5) is 3.93.